The van der Waals surface area contributed by atoms with E-state index in [2.05, 4.69) is 18.8 Å². The minimum Gasteiger partial charge on any atom is -0.493 e. The number of fused-ring (bicyclic) bond motifs is 3. The van der Waals surface area contributed by atoms with Gasteiger partial charge in [-0.1, -0.05) is 37.0 Å². The highest BCUT2D eigenvalue weighted by molar-refractivity contribution is 6.39. The number of carbonyl (C=O) groups excluding carboxylic acids is 1. The zero-order valence-corrected chi connectivity index (χ0v) is 19.9. The second-order valence-electron chi connectivity index (χ2n) is 7.76. The number of rotatable bonds is 8. The Balaban J connectivity index is 2.15. The molecule has 1 aliphatic carbocycles. The van der Waals surface area contributed by atoms with Crippen molar-refractivity contribution in [3.63, 3.8) is 0 Å². The zero-order valence-electron chi connectivity index (χ0n) is 18.4. The summed E-state index contributed by atoms with van der Waals surface area (Å²) in [5.74, 6) is 0.975. The summed E-state index contributed by atoms with van der Waals surface area (Å²) in [7, 11) is 4.55. The molecule has 0 amide bonds. The van der Waals surface area contributed by atoms with Crippen LogP contribution in [0.3, 0.4) is 0 Å². The van der Waals surface area contributed by atoms with Crippen molar-refractivity contribution in [3.05, 3.63) is 39.0 Å². The van der Waals surface area contributed by atoms with Crippen LogP contribution in [0, 0.1) is 5.92 Å². The maximum absolute atomic E-state index is 12.3. The number of methoxy groups -OCH3 is 3. The van der Waals surface area contributed by atoms with Gasteiger partial charge in [-0.05, 0) is 36.0 Å². The standard InChI is InChI=1S/C23H27Cl2NO5/c1-12(2)14-9-13-10-17(31-8-6-7-28-3)16(29-4)11-15(13)21-18(14)20(24)19(22(25)26-21)23(27)30-5/h10-12,14H,6-9H2,1-5H3. The summed E-state index contributed by atoms with van der Waals surface area (Å²) in [4.78, 5) is 16.9. The highest BCUT2D eigenvalue weighted by Crippen LogP contribution is 2.49. The van der Waals surface area contributed by atoms with Gasteiger partial charge < -0.3 is 18.9 Å². The van der Waals surface area contributed by atoms with Crippen molar-refractivity contribution in [1.82, 2.24) is 4.98 Å². The molecule has 0 saturated heterocycles. The molecule has 0 N–H and O–H groups in total. The smallest absolute Gasteiger partial charge is 0.342 e. The van der Waals surface area contributed by atoms with Gasteiger partial charge in [0.15, 0.2) is 11.5 Å². The molecule has 3 rings (SSSR count). The molecule has 168 valence electrons. The number of benzene rings is 1. The number of halogens is 2. The quantitative estimate of drug-likeness (QED) is 0.287. The number of ether oxygens (including phenoxy) is 4. The maximum atomic E-state index is 12.3. The number of nitrogens with zero attached hydrogens (tertiary/aromatic N) is 1. The molecule has 0 bridgehead atoms. The lowest BCUT2D eigenvalue weighted by atomic mass is 9.75. The fourth-order valence-corrected chi connectivity index (χ4v) is 4.62. The monoisotopic (exact) mass is 467 g/mol. The third kappa shape index (κ3) is 4.61. The molecule has 0 fully saturated rings. The lowest BCUT2D eigenvalue weighted by Crippen LogP contribution is -2.20. The van der Waals surface area contributed by atoms with Gasteiger partial charge in [-0.15, -0.1) is 0 Å². The van der Waals surface area contributed by atoms with Gasteiger partial charge in [0.05, 0.1) is 31.5 Å². The lowest BCUT2D eigenvalue weighted by Gasteiger charge is -2.32. The largest absolute Gasteiger partial charge is 0.493 e. The maximum Gasteiger partial charge on any atom is 0.342 e. The summed E-state index contributed by atoms with van der Waals surface area (Å²) in [6.07, 6.45) is 1.50. The Hall–Kier alpha value is -2.02. The van der Waals surface area contributed by atoms with E-state index < -0.39 is 5.97 Å². The van der Waals surface area contributed by atoms with Gasteiger partial charge in [0.25, 0.3) is 0 Å². The van der Waals surface area contributed by atoms with Crippen molar-refractivity contribution in [2.45, 2.75) is 32.6 Å². The fraction of sp³-hybridized carbons (Fsp3) is 0.478. The Morgan fingerprint density at radius 1 is 1.16 bits per heavy atom. The first-order valence-electron chi connectivity index (χ1n) is 10.1. The van der Waals surface area contributed by atoms with Gasteiger partial charge in [0.1, 0.15) is 10.7 Å². The van der Waals surface area contributed by atoms with Gasteiger partial charge in [0.2, 0.25) is 0 Å². The highest BCUT2D eigenvalue weighted by Gasteiger charge is 2.35. The molecule has 1 heterocycles. The van der Waals surface area contributed by atoms with Crippen LogP contribution in [-0.2, 0) is 15.9 Å². The van der Waals surface area contributed by atoms with E-state index in [1.807, 2.05) is 12.1 Å². The van der Waals surface area contributed by atoms with E-state index in [-0.39, 0.29) is 22.6 Å². The van der Waals surface area contributed by atoms with Crippen molar-refractivity contribution in [3.8, 4) is 22.8 Å². The molecule has 1 aliphatic rings. The van der Waals surface area contributed by atoms with E-state index in [0.717, 1.165) is 29.5 Å². The second-order valence-corrected chi connectivity index (χ2v) is 8.49. The molecule has 2 aromatic rings. The predicted octanol–water partition coefficient (Wildman–Crippen LogP) is 5.56. The summed E-state index contributed by atoms with van der Waals surface area (Å²) >= 11 is 13.1. The zero-order chi connectivity index (χ0) is 22.7. The minimum absolute atomic E-state index is 0.0183. The average Bonchev–Trinajstić information content (AvgIpc) is 2.75. The lowest BCUT2D eigenvalue weighted by molar-refractivity contribution is 0.0600. The van der Waals surface area contributed by atoms with E-state index in [0.29, 0.717) is 35.4 Å². The molecule has 6 nitrogen and oxygen atoms in total. The summed E-state index contributed by atoms with van der Waals surface area (Å²) in [6, 6.07) is 3.89. The molecular weight excluding hydrogens is 441 g/mol. The summed E-state index contributed by atoms with van der Waals surface area (Å²) < 4.78 is 21.5. The van der Waals surface area contributed by atoms with E-state index in [1.165, 1.54) is 7.11 Å². The molecule has 31 heavy (non-hydrogen) atoms. The highest BCUT2D eigenvalue weighted by atomic mass is 35.5. The van der Waals surface area contributed by atoms with Crippen molar-refractivity contribution < 1.29 is 23.7 Å². The molecule has 0 spiro atoms. The molecule has 0 radical (unpaired) electrons. The van der Waals surface area contributed by atoms with Crippen LogP contribution in [0.5, 0.6) is 11.5 Å². The Labute approximate surface area is 192 Å². The van der Waals surface area contributed by atoms with Crippen LogP contribution in [0.1, 0.15) is 47.7 Å². The Morgan fingerprint density at radius 2 is 1.90 bits per heavy atom. The first-order valence-corrected chi connectivity index (χ1v) is 10.9. The van der Waals surface area contributed by atoms with Crippen LogP contribution in [0.2, 0.25) is 10.2 Å². The summed E-state index contributed by atoms with van der Waals surface area (Å²) in [6.45, 7) is 5.38. The molecule has 0 aliphatic heterocycles. The Bertz CT molecular complexity index is 977. The van der Waals surface area contributed by atoms with Crippen LogP contribution in [-0.4, -0.2) is 45.5 Å². The number of carbonyl (C=O) groups is 1. The van der Waals surface area contributed by atoms with E-state index >= 15 is 0 Å². The summed E-state index contributed by atoms with van der Waals surface area (Å²) in [5.41, 5.74) is 3.51. The van der Waals surface area contributed by atoms with Crippen molar-refractivity contribution >= 4 is 29.2 Å². The third-order valence-electron chi connectivity index (χ3n) is 5.53. The van der Waals surface area contributed by atoms with Crippen molar-refractivity contribution in [1.29, 1.82) is 0 Å². The number of pyridine rings is 1. The average molecular weight is 468 g/mol. The first kappa shape index (κ1) is 23.6. The number of hydrogen-bond acceptors (Lipinski definition) is 6. The van der Waals surface area contributed by atoms with Crippen molar-refractivity contribution in [2.75, 3.05) is 34.5 Å². The van der Waals surface area contributed by atoms with E-state index in [9.17, 15) is 4.79 Å². The van der Waals surface area contributed by atoms with E-state index in [4.69, 9.17) is 42.1 Å². The normalized spacial score (nSPS) is 14.8. The number of aromatic nitrogens is 1. The number of hydrogen-bond donors (Lipinski definition) is 0. The minimum atomic E-state index is -0.601. The predicted molar refractivity (Wildman–Crippen MR) is 121 cm³/mol. The Kier molecular flexibility index (Phi) is 7.68. The topological polar surface area (TPSA) is 66.9 Å². The van der Waals surface area contributed by atoms with Crippen LogP contribution < -0.4 is 9.47 Å². The van der Waals surface area contributed by atoms with E-state index in [1.54, 1.807) is 14.2 Å². The number of esters is 1. The van der Waals surface area contributed by atoms with Crippen LogP contribution in [0.15, 0.2) is 12.1 Å². The molecule has 1 atom stereocenters. The van der Waals surface area contributed by atoms with Gasteiger partial charge in [-0.25, -0.2) is 9.78 Å². The van der Waals surface area contributed by atoms with Crippen molar-refractivity contribution in [2.24, 2.45) is 5.92 Å². The molecular formula is C23H27Cl2NO5. The second kappa shape index (κ2) is 10.1. The van der Waals surface area contributed by atoms with Gasteiger partial charge in [0, 0.05) is 31.3 Å². The van der Waals surface area contributed by atoms with Gasteiger partial charge >= 0.3 is 5.97 Å². The van der Waals surface area contributed by atoms with Crippen LogP contribution in [0.25, 0.3) is 11.3 Å². The molecule has 8 heteroatoms. The fourth-order valence-electron chi connectivity index (χ4n) is 3.92. The SMILES string of the molecule is COCCCOc1cc2c(cc1OC)-c1nc(Cl)c(C(=O)OC)c(Cl)c1C(C(C)C)C2. The van der Waals surface area contributed by atoms with Gasteiger partial charge in [-0.3, -0.25) is 0 Å². The molecule has 0 saturated carbocycles. The molecule has 1 unspecified atom stereocenters. The van der Waals surface area contributed by atoms with Crippen LogP contribution in [0.4, 0.5) is 0 Å². The third-order valence-corrected chi connectivity index (χ3v) is 6.19. The van der Waals surface area contributed by atoms with Crippen LogP contribution >= 0.6 is 23.2 Å². The first-order chi connectivity index (χ1) is 14.8. The Morgan fingerprint density at radius 3 is 2.52 bits per heavy atom. The summed E-state index contributed by atoms with van der Waals surface area (Å²) in [5, 5.41) is 0.315. The molecule has 1 aromatic heterocycles. The molecule has 1 aromatic carbocycles. The van der Waals surface area contributed by atoms with Gasteiger partial charge in [-0.2, -0.15) is 0 Å².